The summed E-state index contributed by atoms with van der Waals surface area (Å²) in [6.07, 6.45) is 2.14. The van der Waals surface area contributed by atoms with E-state index in [0.717, 1.165) is 17.0 Å². The van der Waals surface area contributed by atoms with Crippen molar-refractivity contribution in [1.82, 2.24) is 9.78 Å². The van der Waals surface area contributed by atoms with Gasteiger partial charge in [-0.05, 0) is 32.4 Å². The van der Waals surface area contributed by atoms with Crippen molar-refractivity contribution < 1.29 is 9.84 Å². The Balaban J connectivity index is 2.06. The second-order valence-corrected chi connectivity index (χ2v) is 5.13. The number of aromatic nitrogens is 2. The van der Waals surface area contributed by atoms with Crippen LogP contribution in [0.1, 0.15) is 50.6 Å². The maximum absolute atomic E-state index is 9.98. The molecule has 1 atom stereocenters. The lowest BCUT2D eigenvalue weighted by atomic mass is 10.1. The van der Waals surface area contributed by atoms with Crippen molar-refractivity contribution in [2.24, 2.45) is 0 Å². The van der Waals surface area contributed by atoms with Crippen molar-refractivity contribution >= 4 is 0 Å². The molecule has 1 aromatic carbocycles. The number of ether oxygens (including phenoxy) is 1. The van der Waals surface area contributed by atoms with E-state index in [0.29, 0.717) is 19.1 Å². The highest BCUT2D eigenvalue weighted by Gasteiger charge is 2.11. The summed E-state index contributed by atoms with van der Waals surface area (Å²) in [6.45, 7) is 6.54. The molecule has 4 nitrogen and oxygen atoms in total. The molecule has 0 fully saturated rings. The molecular weight excluding hydrogens is 252 g/mol. The van der Waals surface area contributed by atoms with Crippen LogP contribution in [0.15, 0.2) is 36.5 Å². The van der Waals surface area contributed by atoms with E-state index in [2.05, 4.69) is 18.9 Å². The van der Waals surface area contributed by atoms with Crippen LogP contribution in [0.2, 0.25) is 0 Å². The van der Waals surface area contributed by atoms with E-state index in [1.54, 1.807) is 0 Å². The Morgan fingerprint density at radius 1 is 1.25 bits per heavy atom. The second kappa shape index (κ2) is 6.57. The molecule has 0 unspecified atom stereocenters. The van der Waals surface area contributed by atoms with E-state index in [1.807, 2.05) is 48.1 Å². The van der Waals surface area contributed by atoms with E-state index in [-0.39, 0.29) is 0 Å². The maximum atomic E-state index is 9.98. The third-order valence-corrected chi connectivity index (χ3v) is 3.23. The van der Waals surface area contributed by atoms with Gasteiger partial charge in [0.2, 0.25) is 0 Å². The zero-order chi connectivity index (χ0) is 14.5. The summed E-state index contributed by atoms with van der Waals surface area (Å²) in [5.41, 5.74) is 1.72. The molecule has 0 radical (unpaired) electrons. The van der Waals surface area contributed by atoms with Gasteiger partial charge < -0.3 is 9.84 Å². The smallest absolute Gasteiger partial charge is 0.132 e. The normalized spacial score (nSPS) is 12.7. The van der Waals surface area contributed by atoms with Gasteiger partial charge in [0.1, 0.15) is 12.4 Å². The van der Waals surface area contributed by atoms with Crippen LogP contribution in [0, 0.1) is 0 Å². The number of nitrogens with zero attached hydrogens (tertiary/aromatic N) is 2. The summed E-state index contributed by atoms with van der Waals surface area (Å²) in [4.78, 5) is 0. The van der Waals surface area contributed by atoms with Crippen LogP contribution >= 0.6 is 0 Å². The summed E-state index contributed by atoms with van der Waals surface area (Å²) >= 11 is 0. The van der Waals surface area contributed by atoms with E-state index in [9.17, 15) is 5.11 Å². The Labute approximate surface area is 120 Å². The minimum absolute atomic E-state index is 0.345. The summed E-state index contributed by atoms with van der Waals surface area (Å²) in [7, 11) is 0. The van der Waals surface area contributed by atoms with E-state index < -0.39 is 6.10 Å². The molecule has 4 heteroatoms. The van der Waals surface area contributed by atoms with Gasteiger partial charge in [-0.3, -0.25) is 4.68 Å². The van der Waals surface area contributed by atoms with Gasteiger partial charge in [-0.1, -0.05) is 25.1 Å². The van der Waals surface area contributed by atoms with Crippen molar-refractivity contribution in [2.45, 2.75) is 45.9 Å². The molecule has 108 valence electrons. The molecular formula is C16H22N2O2. The monoisotopic (exact) mass is 274 g/mol. The van der Waals surface area contributed by atoms with Crippen molar-refractivity contribution in [3.63, 3.8) is 0 Å². The average Bonchev–Trinajstić information content (AvgIpc) is 2.93. The Bertz CT molecular complexity index is 549. The van der Waals surface area contributed by atoms with Crippen LogP contribution in [0.5, 0.6) is 5.75 Å². The quantitative estimate of drug-likeness (QED) is 0.877. The molecule has 2 aromatic rings. The highest BCUT2D eigenvalue weighted by Crippen LogP contribution is 2.27. The number of para-hydroxylation sites is 1. The number of aliphatic hydroxyl groups is 1. The van der Waals surface area contributed by atoms with Crippen LogP contribution in [-0.2, 0) is 6.61 Å². The Hall–Kier alpha value is -1.81. The first-order valence-electron chi connectivity index (χ1n) is 7.05. The number of aliphatic hydroxyl groups excluding tert-OH is 1. The van der Waals surface area contributed by atoms with Gasteiger partial charge in [-0.2, -0.15) is 5.10 Å². The van der Waals surface area contributed by atoms with Gasteiger partial charge in [-0.15, -0.1) is 0 Å². The van der Waals surface area contributed by atoms with Gasteiger partial charge >= 0.3 is 0 Å². The van der Waals surface area contributed by atoms with Crippen LogP contribution in [-0.4, -0.2) is 14.9 Å². The zero-order valence-corrected chi connectivity index (χ0v) is 12.3. The predicted molar refractivity (Wildman–Crippen MR) is 78.6 cm³/mol. The van der Waals surface area contributed by atoms with Gasteiger partial charge in [0, 0.05) is 17.8 Å². The SMILES string of the molecule is CC[C@H](O)c1ccccc1OCc1ccn(C(C)C)n1. The van der Waals surface area contributed by atoms with Crippen molar-refractivity contribution in [3.05, 3.63) is 47.8 Å². The van der Waals surface area contributed by atoms with Crippen LogP contribution in [0.4, 0.5) is 0 Å². The first-order chi connectivity index (χ1) is 9.61. The third kappa shape index (κ3) is 3.39. The molecule has 0 saturated carbocycles. The summed E-state index contributed by atoms with van der Waals surface area (Å²) in [5.74, 6) is 0.723. The van der Waals surface area contributed by atoms with Crippen LogP contribution in [0.3, 0.4) is 0 Å². The van der Waals surface area contributed by atoms with E-state index >= 15 is 0 Å². The minimum atomic E-state index is -0.487. The molecule has 1 heterocycles. The standard InChI is InChI=1S/C16H22N2O2/c1-4-15(19)14-7-5-6-8-16(14)20-11-13-9-10-18(17-13)12(2)3/h5-10,12,15,19H,4,11H2,1-3H3/t15-/m0/s1. The summed E-state index contributed by atoms with van der Waals surface area (Å²) in [6, 6.07) is 9.91. The summed E-state index contributed by atoms with van der Waals surface area (Å²) < 4.78 is 7.71. The predicted octanol–water partition coefficient (Wildman–Crippen LogP) is 3.49. The van der Waals surface area contributed by atoms with E-state index in [1.165, 1.54) is 0 Å². The number of rotatable bonds is 6. The molecule has 2 rings (SSSR count). The highest BCUT2D eigenvalue weighted by atomic mass is 16.5. The van der Waals surface area contributed by atoms with Gasteiger partial charge in [0.25, 0.3) is 0 Å². The molecule has 0 aliphatic rings. The molecule has 0 amide bonds. The largest absolute Gasteiger partial charge is 0.487 e. The highest BCUT2D eigenvalue weighted by molar-refractivity contribution is 5.35. The number of benzene rings is 1. The second-order valence-electron chi connectivity index (χ2n) is 5.13. The van der Waals surface area contributed by atoms with E-state index in [4.69, 9.17) is 4.74 Å². The fourth-order valence-corrected chi connectivity index (χ4v) is 2.00. The molecule has 1 N–H and O–H groups in total. The lowest BCUT2D eigenvalue weighted by Crippen LogP contribution is -2.05. The lowest BCUT2D eigenvalue weighted by Gasteiger charge is -2.14. The van der Waals surface area contributed by atoms with Crippen LogP contribution in [0.25, 0.3) is 0 Å². The lowest BCUT2D eigenvalue weighted by molar-refractivity contribution is 0.166. The molecule has 0 aliphatic carbocycles. The summed E-state index contributed by atoms with van der Waals surface area (Å²) in [5, 5.41) is 14.4. The molecule has 0 aliphatic heterocycles. The number of hydrogen-bond acceptors (Lipinski definition) is 3. The first kappa shape index (κ1) is 14.6. The van der Waals surface area contributed by atoms with Gasteiger partial charge in [0.05, 0.1) is 11.8 Å². The molecule has 1 aromatic heterocycles. The Morgan fingerprint density at radius 2 is 2.00 bits per heavy atom. The third-order valence-electron chi connectivity index (χ3n) is 3.23. The Kier molecular flexibility index (Phi) is 4.79. The first-order valence-corrected chi connectivity index (χ1v) is 7.05. The van der Waals surface area contributed by atoms with Crippen molar-refractivity contribution in [2.75, 3.05) is 0 Å². The van der Waals surface area contributed by atoms with Crippen molar-refractivity contribution in [3.8, 4) is 5.75 Å². The minimum Gasteiger partial charge on any atom is -0.487 e. The molecule has 0 bridgehead atoms. The van der Waals surface area contributed by atoms with Gasteiger partial charge in [0.15, 0.2) is 0 Å². The molecule has 20 heavy (non-hydrogen) atoms. The molecule has 0 saturated heterocycles. The van der Waals surface area contributed by atoms with Gasteiger partial charge in [-0.25, -0.2) is 0 Å². The zero-order valence-electron chi connectivity index (χ0n) is 12.3. The molecule has 0 spiro atoms. The number of hydrogen-bond donors (Lipinski definition) is 1. The van der Waals surface area contributed by atoms with Crippen LogP contribution < -0.4 is 4.74 Å². The fourth-order valence-electron chi connectivity index (χ4n) is 2.00. The Morgan fingerprint density at radius 3 is 2.65 bits per heavy atom. The fraction of sp³-hybridized carbons (Fsp3) is 0.438. The average molecular weight is 274 g/mol. The topological polar surface area (TPSA) is 47.3 Å². The van der Waals surface area contributed by atoms with Crippen molar-refractivity contribution in [1.29, 1.82) is 0 Å². The maximum Gasteiger partial charge on any atom is 0.132 e.